The Balaban J connectivity index is 1.58. The maximum atomic E-state index is 14.7. The number of benzene rings is 4. The SMILES string of the molecule is COc1ccc(S(=O)(=O)N(CC(=O)N(Cc2cccc(Cl)c2)C(Cc2ccccc2)C(=O)NC2CCCC2)c2ccc(C)cc2)cc1OC. The second kappa shape index (κ2) is 16.2. The molecule has 11 heteroatoms. The standard InChI is InChI=1S/C38H42ClN3O6S/c1-27-16-18-32(19-17-27)42(49(45,46)33-20-21-35(47-2)36(24-33)48-3)26-37(43)41(25-29-12-9-13-30(39)22-29)34(23-28-10-5-4-6-11-28)38(44)40-31-14-7-8-15-31/h4-6,9-13,16-22,24,31,34H,7-8,14-15,23,25-26H2,1-3H3,(H,40,44). The Morgan fingerprint density at radius 3 is 2.18 bits per heavy atom. The van der Waals surface area contributed by atoms with Crippen LogP contribution < -0.4 is 19.1 Å². The first-order chi connectivity index (χ1) is 23.6. The zero-order chi connectivity index (χ0) is 35.0. The van der Waals surface area contributed by atoms with E-state index in [-0.39, 0.29) is 35.6 Å². The maximum Gasteiger partial charge on any atom is 0.264 e. The highest BCUT2D eigenvalue weighted by Crippen LogP contribution is 2.33. The smallest absolute Gasteiger partial charge is 0.264 e. The molecule has 1 aliphatic carbocycles. The number of nitrogens with zero attached hydrogens (tertiary/aromatic N) is 2. The first kappa shape index (κ1) is 35.8. The van der Waals surface area contributed by atoms with Gasteiger partial charge in [0.15, 0.2) is 11.5 Å². The highest BCUT2D eigenvalue weighted by molar-refractivity contribution is 7.92. The lowest BCUT2D eigenvalue weighted by Gasteiger charge is -2.34. The molecule has 0 bridgehead atoms. The number of carbonyl (C=O) groups is 2. The van der Waals surface area contributed by atoms with Crippen molar-refractivity contribution >= 4 is 39.1 Å². The molecular weight excluding hydrogens is 662 g/mol. The van der Waals surface area contributed by atoms with Crippen LogP contribution in [0.3, 0.4) is 0 Å². The number of carbonyl (C=O) groups excluding carboxylic acids is 2. The number of nitrogens with one attached hydrogen (secondary N) is 1. The monoisotopic (exact) mass is 703 g/mol. The fourth-order valence-corrected chi connectivity index (χ4v) is 7.74. The van der Waals surface area contributed by atoms with Gasteiger partial charge in [-0.05, 0) is 67.3 Å². The molecular formula is C38H42ClN3O6S. The van der Waals surface area contributed by atoms with Crippen LogP contribution in [-0.4, -0.2) is 58.0 Å². The van der Waals surface area contributed by atoms with Gasteiger partial charge in [-0.3, -0.25) is 13.9 Å². The molecule has 1 atom stereocenters. The predicted octanol–water partition coefficient (Wildman–Crippen LogP) is 6.56. The normalized spacial score (nSPS) is 13.8. The zero-order valence-electron chi connectivity index (χ0n) is 28.0. The van der Waals surface area contributed by atoms with Crippen LogP contribution >= 0.6 is 11.6 Å². The number of methoxy groups -OCH3 is 2. The van der Waals surface area contributed by atoms with Crippen molar-refractivity contribution in [2.24, 2.45) is 0 Å². The fourth-order valence-electron chi connectivity index (χ4n) is 6.10. The first-order valence-corrected chi connectivity index (χ1v) is 18.1. The minimum atomic E-state index is -4.33. The van der Waals surface area contributed by atoms with Crippen LogP contribution in [0.4, 0.5) is 5.69 Å². The highest BCUT2D eigenvalue weighted by Gasteiger charge is 2.36. The van der Waals surface area contributed by atoms with E-state index in [2.05, 4.69) is 5.32 Å². The lowest BCUT2D eigenvalue weighted by Crippen LogP contribution is -2.54. The van der Waals surface area contributed by atoms with E-state index in [4.69, 9.17) is 21.1 Å². The summed E-state index contributed by atoms with van der Waals surface area (Å²) in [5, 5.41) is 3.67. The van der Waals surface area contributed by atoms with Crippen LogP contribution in [-0.2, 0) is 32.6 Å². The Kier molecular flexibility index (Phi) is 11.9. The van der Waals surface area contributed by atoms with Gasteiger partial charge in [0.05, 0.1) is 24.8 Å². The molecule has 4 aromatic rings. The van der Waals surface area contributed by atoms with E-state index in [1.807, 2.05) is 43.3 Å². The highest BCUT2D eigenvalue weighted by atomic mass is 35.5. The minimum Gasteiger partial charge on any atom is -0.493 e. The molecule has 4 aromatic carbocycles. The van der Waals surface area contributed by atoms with Crippen LogP contribution in [0, 0.1) is 6.92 Å². The number of rotatable bonds is 14. The van der Waals surface area contributed by atoms with E-state index in [1.54, 1.807) is 42.5 Å². The van der Waals surface area contributed by atoms with Gasteiger partial charge in [-0.15, -0.1) is 0 Å². The number of amides is 2. The topological polar surface area (TPSA) is 105 Å². The first-order valence-electron chi connectivity index (χ1n) is 16.3. The van der Waals surface area contributed by atoms with Crippen molar-refractivity contribution in [3.05, 3.63) is 119 Å². The minimum absolute atomic E-state index is 0.0170. The molecule has 0 radical (unpaired) electrons. The Morgan fingerprint density at radius 1 is 0.857 bits per heavy atom. The van der Waals surface area contributed by atoms with E-state index < -0.39 is 28.5 Å². The average molecular weight is 704 g/mol. The van der Waals surface area contributed by atoms with E-state index in [0.29, 0.717) is 22.0 Å². The Morgan fingerprint density at radius 2 is 1.53 bits per heavy atom. The van der Waals surface area contributed by atoms with Crippen molar-refractivity contribution in [1.29, 1.82) is 0 Å². The third-order valence-electron chi connectivity index (χ3n) is 8.76. The summed E-state index contributed by atoms with van der Waals surface area (Å²) in [6.07, 6.45) is 4.03. The van der Waals surface area contributed by atoms with Crippen LogP contribution in [0.2, 0.25) is 5.02 Å². The van der Waals surface area contributed by atoms with E-state index in [1.165, 1.54) is 37.3 Å². The van der Waals surface area contributed by atoms with Gasteiger partial charge in [0, 0.05) is 30.1 Å². The molecule has 2 amide bonds. The summed E-state index contributed by atoms with van der Waals surface area (Å²) in [7, 11) is -1.44. The lowest BCUT2D eigenvalue weighted by atomic mass is 10.0. The van der Waals surface area contributed by atoms with Crippen molar-refractivity contribution in [2.45, 2.75) is 62.6 Å². The molecule has 9 nitrogen and oxygen atoms in total. The largest absolute Gasteiger partial charge is 0.493 e. The molecule has 0 saturated heterocycles. The van der Waals surface area contributed by atoms with Crippen LogP contribution in [0.25, 0.3) is 0 Å². The van der Waals surface area contributed by atoms with Crippen molar-refractivity contribution in [3.63, 3.8) is 0 Å². The Labute approximate surface area is 293 Å². The van der Waals surface area contributed by atoms with Crippen LogP contribution in [0.1, 0.15) is 42.4 Å². The van der Waals surface area contributed by atoms with Crippen molar-refractivity contribution in [3.8, 4) is 11.5 Å². The summed E-state index contributed by atoms with van der Waals surface area (Å²) in [6, 6.07) is 26.9. The Hall–Kier alpha value is -4.54. The van der Waals surface area contributed by atoms with E-state index in [9.17, 15) is 18.0 Å². The molecule has 0 aliphatic heterocycles. The molecule has 1 aliphatic rings. The molecule has 1 unspecified atom stereocenters. The third-order valence-corrected chi connectivity index (χ3v) is 10.8. The van der Waals surface area contributed by atoms with Gasteiger partial charge in [-0.2, -0.15) is 0 Å². The molecule has 258 valence electrons. The molecule has 49 heavy (non-hydrogen) atoms. The van der Waals surface area contributed by atoms with Gasteiger partial charge in [-0.25, -0.2) is 8.42 Å². The van der Waals surface area contributed by atoms with Gasteiger partial charge < -0.3 is 19.7 Å². The zero-order valence-corrected chi connectivity index (χ0v) is 29.5. The number of sulfonamides is 1. The van der Waals surface area contributed by atoms with E-state index in [0.717, 1.165) is 41.1 Å². The molecule has 0 spiro atoms. The summed E-state index contributed by atoms with van der Waals surface area (Å²) >= 11 is 6.35. The number of hydrogen-bond donors (Lipinski definition) is 1. The second-order valence-corrected chi connectivity index (χ2v) is 14.5. The van der Waals surface area contributed by atoms with Gasteiger partial charge in [-0.1, -0.05) is 84.6 Å². The van der Waals surface area contributed by atoms with Gasteiger partial charge in [0.2, 0.25) is 11.8 Å². The van der Waals surface area contributed by atoms with Crippen LogP contribution in [0.15, 0.2) is 102 Å². The number of hydrogen-bond acceptors (Lipinski definition) is 6. The number of halogens is 1. The number of ether oxygens (including phenoxy) is 2. The van der Waals surface area contributed by atoms with Gasteiger partial charge >= 0.3 is 0 Å². The number of anilines is 1. The van der Waals surface area contributed by atoms with Crippen molar-refractivity contribution in [2.75, 3.05) is 25.1 Å². The number of aryl methyl sites for hydroxylation is 1. The average Bonchev–Trinajstić information content (AvgIpc) is 3.62. The summed E-state index contributed by atoms with van der Waals surface area (Å²) in [5.74, 6) is -0.236. The molecule has 1 N–H and O–H groups in total. The molecule has 5 rings (SSSR count). The molecule has 1 fully saturated rings. The maximum absolute atomic E-state index is 14.7. The molecule has 0 heterocycles. The van der Waals surface area contributed by atoms with Crippen molar-refractivity contribution in [1.82, 2.24) is 10.2 Å². The van der Waals surface area contributed by atoms with Crippen LogP contribution in [0.5, 0.6) is 11.5 Å². The Bertz CT molecular complexity index is 1850. The summed E-state index contributed by atoms with van der Waals surface area (Å²) in [5.41, 5.74) is 2.79. The molecule has 1 saturated carbocycles. The predicted molar refractivity (Wildman–Crippen MR) is 192 cm³/mol. The van der Waals surface area contributed by atoms with Gasteiger partial charge in [0.25, 0.3) is 10.0 Å². The van der Waals surface area contributed by atoms with Crippen molar-refractivity contribution < 1.29 is 27.5 Å². The summed E-state index contributed by atoms with van der Waals surface area (Å²) in [4.78, 5) is 30.3. The summed E-state index contributed by atoms with van der Waals surface area (Å²) in [6.45, 7) is 1.36. The summed E-state index contributed by atoms with van der Waals surface area (Å²) < 4.78 is 40.7. The van der Waals surface area contributed by atoms with E-state index >= 15 is 0 Å². The molecule has 0 aromatic heterocycles. The lowest BCUT2D eigenvalue weighted by molar-refractivity contribution is -0.140. The third kappa shape index (κ3) is 8.93. The quantitative estimate of drug-likeness (QED) is 0.160. The fraction of sp³-hybridized carbons (Fsp3) is 0.316. The second-order valence-electron chi connectivity index (χ2n) is 12.2. The van der Waals surface area contributed by atoms with Gasteiger partial charge in [0.1, 0.15) is 12.6 Å².